The zero-order valence-corrected chi connectivity index (χ0v) is 33.1. The van der Waals surface area contributed by atoms with E-state index in [2.05, 4.69) is 63.7 Å². The Balaban J connectivity index is 0.000000652. The number of unbranched alkanes of at least 4 members (excludes halogenated alkanes) is 2. The van der Waals surface area contributed by atoms with E-state index in [9.17, 15) is 8.42 Å². The van der Waals surface area contributed by atoms with Gasteiger partial charge in [-0.15, -0.1) is 0 Å². The maximum atomic E-state index is 12.4. The fraction of sp³-hybridized carbons (Fsp3) is 0.634. The van der Waals surface area contributed by atoms with Gasteiger partial charge in [0.2, 0.25) is 10.0 Å². The van der Waals surface area contributed by atoms with Crippen molar-refractivity contribution < 1.29 is 8.42 Å². The van der Waals surface area contributed by atoms with Crippen LogP contribution < -0.4 is 10.0 Å². The van der Waals surface area contributed by atoms with Gasteiger partial charge in [-0.25, -0.2) is 13.1 Å². The minimum Gasteiger partial charge on any atom is -0.370 e. The number of fused-ring (bicyclic) bond motifs is 3. The standard InChI is InChI=1S/C26H32ClN3O2S.C5H12.C4H8.2C3H8/c27-21-11-12-23-20(14-21)10-13-25-24(23)15-26(30-25)28-16-18-6-8-19(9-7-18)17-29-33(31,32)22-4-2-1-3-5-22;1-3-5-4-2;1-3-4-2;2*1-3-2/h1-5,11-12,14,18-19,24-25,29H,6-10,13,15-17H2,(H,28,30);3-5H2,1-2H3;3-4H,1-2H3;2*3H2,1-2H3/b;;4-3-;;. The highest BCUT2D eigenvalue weighted by molar-refractivity contribution is 7.89. The summed E-state index contributed by atoms with van der Waals surface area (Å²) in [5.74, 6) is 2.67. The fourth-order valence-corrected chi connectivity index (χ4v) is 7.35. The molecule has 2 aromatic carbocycles. The summed E-state index contributed by atoms with van der Waals surface area (Å²) in [4.78, 5) is 5.32. The molecule has 0 aromatic heterocycles. The van der Waals surface area contributed by atoms with Crippen molar-refractivity contribution in [2.24, 2.45) is 16.8 Å². The predicted molar refractivity (Wildman–Crippen MR) is 211 cm³/mol. The number of hydrogen-bond acceptors (Lipinski definition) is 3. The van der Waals surface area contributed by atoms with Gasteiger partial charge in [0.1, 0.15) is 0 Å². The van der Waals surface area contributed by atoms with Crippen LogP contribution in [-0.2, 0) is 16.4 Å². The van der Waals surface area contributed by atoms with E-state index in [0.717, 1.165) is 62.3 Å². The van der Waals surface area contributed by atoms with Gasteiger partial charge in [-0.2, -0.15) is 0 Å². The van der Waals surface area contributed by atoms with Gasteiger partial charge >= 0.3 is 0 Å². The lowest BCUT2D eigenvalue weighted by atomic mass is 9.80. The quantitative estimate of drug-likeness (QED) is 0.269. The summed E-state index contributed by atoms with van der Waals surface area (Å²) < 4.78 is 27.7. The van der Waals surface area contributed by atoms with E-state index < -0.39 is 10.0 Å². The first-order valence-corrected chi connectivity index (χ1v) is 20.7. The van der Waals surface area contributed by atoms with Crippen LogP contribution in [0.25, 0.3) is 0 Å². The third-order valence-corrected chi connectivity index (χ3v) is 10.3. The molecule has 2 aromatic rings. The number of halogens is 1. The van der Waals surface area contributed by atoms with E-state index in [1.54, 1.807) is 24.3 Å². The lowest BCUT2D eigenvalue weighted by molar-refractivity contribution is 0.280. The van der Waals surface area contributed by atoms with Crippen molar-refractivity contribution in [3.63, 3.8) is 0 Å². The van der Waals surface area contributed by atoms with Gasteiger partial charge in [-0.05, 0) is 99.6 Å². The Labute approximate surface area is 300 Å². The Morgan fingerprint density at radius 3 is 1.98 bits per heavy atom. The van der Waals surface area contributed by atoms with Gasteiger partial charge in [0.25, 0.3) is 0 Å². The van der Waals surface area contributed by atoms with Crippen molar-refractivity contribution in [2.75, 3.05) is 13.1 Å². The van der Waals surface area contributed by atoms with Crippen molar-refractivity contribution in [3.05, 3.63) is 76.8 Å². The predicted octanol–water partition coefficient (Wildman–Crippen LogP) is 11.5. The lowest BCUT2D eigenvalue weighted by Crippen LogP contribution is -2.32. The summed E-state index contributed by atoms with van der Waals surface area (Å²) in [5.41, 5.74) is 2.83. The SMILES string of the molecule is C/C=C\C.CCC.CCC.CCCCC.O=S(=O)(NCC1CCC(CN=C2CC3c4ccc(Cl)cc4CCC3N2)CC1)c1ccccc1. The maximum Gasteiger partial charge on any atom is 0.240 e. The number of hydrogen-bond donors (Lipinski definition) is 2. The van der Waals surface area contributed by atoms with Gasteiger partial charge in [-0.3, -0.25) is 4.99 Å². The van der Waals surface area contributed by atoms with Crippen LogP contribution in [0.5, 0.6) is 0 Å². The molecular weight excluding hydrogens is 634 g/mol. The van der Waals surface area contributed by atoms with E-state index in [-0.39, 0.29) is 0 Å². The van der Waals surface area contributed by atoms with E-state index in [1.807, 2.05) is 38.1 Å². The van der Waals surface area contributed by atoms with Crippen molar-refractivity contribution in [2.45, 2.75) is 149 Å². The number of amidine groups is 1. The minimum atomic E-state index is -3.42. The molecule has 1 saturated heterocycles. The first kappa shape index (κ1) is 43.9. The Kier molecular flexibility index (Phi) is 23.6. The molecule has 5 nitrogen and oxygen atoms in total. The number of aryl methyl sites for hydroxylation is 1. The molecular formula is C41H68ClN3O2S. The molecule has 1 saturated carbocycles. The van der Waals surface area contributed by atoms with Crippen molar-refractivity contribution in [3.8, 4) is 0 Å². The zero-order valence-electron chi connectivity index (χ0n) is 31.5. The number of benzene rings is 2. The normalized spacial score (nSPS) is 21.8. The third-order valence-electron chi connectivity index (χ3n) is 8.64. The second-order valence-electron chi connectivity index (χ2n) is 13.2. The molecule has 2 unspecified atom stereocenters. The third kappa shape index (κ3) is 16.5. The largest absolute Gasteiger partial charge is 0.370 e. The number of rotatable bonds is 8. The molecule has 1 aliphatic heterocycles. The topological polar surface area (TPSA) is 70.6 Å². The van der Waals surface area contributed by atoms with Gasteiger partial charge in [0.05, 0.1) is 10.7 Å². The number of allylic oxidation sites excluding steroid dienone is 2. The lowest BCUT2D eigenvalue weighted by Gasteiger charge is -2.28. The van der Waals surface area contributed by atoms with Crippen LogP contribution >= 0.6 is 11.6 Å². The zero-order chi connectivity index (χ0) is 35.8. The van der Waals surface area contributed by atoms with E-state index in [0.29, 0.717) is 35.2 Å². The van der Waals surface area contributed by atoms with Crippen LogP contribution in [0.15, 0.2) is 70.6 Å². The molecule has 272 valence electrons. The molecule has 2 aliphatic carbocycles. The number of nitrogens with one attached hydrogen (secondary N) is 2. The first-order valence-electron chi connectivity index (χ1n) is 18.8. The summed E-state index contributed by atoms with van der Waals surface area (Å²) >= 11 is 6.19. The van der Waals surface area contributed by atoms with Gasteiger partial charge < -0.3 is 5.32 Å². The number of sulfonamides is 1. The highest BCUT2D eigenvalue weighted by Crippen LogP contribution is 2.39. The average Bonchev–Trinajstić information content (AvgIpc) is 3.52. The van der Waals surface area contributed by atoms with Crippen LogP contribution in [-0.4, -0.2) is 33.4 Å². The van der Waals surface area contributed by atoms with E-state index in [1.165, 1.54) is 43.2 Å². The van der Waals surface area contributed by atoms with Gasteiger partial charge in [-0.1, -0.05) is 122 Å². The smallest absolute Gasteiger partial charge is 0.240 e. The molecule has 3 aliphatic rings. The highest BCUT2D eigenvalue weighted by atomic mass is 35.5. The van der Waals surface area contributed by atoms with E-state index >= 15 is 0 Å². The van der Waals surface area contributed by atoms with Gasteiger partial charge in [0, 0.05) is 36.5 Å². The van der Waals surface area contributed by atoms with Crippen LogP contribution in [0.1, 0.15) is 143 Å². The highest BCUT2D eigenvalue weighted by Gasteiger charge is 2.36. The second kappa shape index (κ2) is 25.8. The van der Waals surface area contributed by atoms with Crippen molar-refractivity contribution in [1.29, 1.82) is 0 Å². The molecule has 0 spiro atoms. The van der Waals surface area contributed by atoms with Crippen LogP contribution in [0, 0.1) is 11.8 Å². The number of aliphatic imine (C=N–C) groups is 1. The summed E-state index contributed by atoms with van der Waals surface area (Å²) in [6.45, 7) is 18.3. The first-order chi connectivity index (χ1) is 23.1. The fourth-order valence-electron chi connectivity index (χ4n) is 6.02. The molecule has 1 heterocycles. The molecule has 0 radical (unpaired) electrons. The monoisotopic (exact) mass is 701 g/mol. The van der Waals surface area contributed by atoms with Crippen LogP contribution in [0.4, 0.5) is 0 Å². The molecule has 2 N–H and O–H groups in total. The van der Waals surface area contributed by atoms with Crippen LogP contribution in [0.3, 0.4) is 0 Å². The summed E-state index contributed by atoms with van der Waals surface area (Å²) in [6.07, 6.45) is 18.1. The molecule has 0 bridgehead atoms. The molecule has 7 heteroatoms. The van der Waals surface area contributed by atoms with Crippen LogP contribution in [0.2, 0.25) is 5.02 Å². The van der Waals surface area contributed by atoms with Crippen molar-refractivity contribution in [1.82, 2.24) is 10.0 Å². The molecule has 5 rings (SSSR count). The summed E-state index contributed by atoms with van der Waals surface area (Å²) in [7, 11) is -3.42. The Bertz CT molecular complexity index is 1260. The maximum absolute atomic E-state index is 12.4. The molecule has 0 amide bonds. The Hall–Kier alpha value is -2.15. The minimum absolute atomic E-state index is 0.338. The summed E-state index contributed by atoms with van der Waals surface area (Å²) in [5, 5.41) is 4.52. The number of nitrogens with zero attached hydrogens (tertiary/aromatic N) is 1. The molecule has 2 fully saturated rings. The second-order valence-corrected chi connectivity index (χ2v) is 15.4. The van der Waals surface area contributed by atoms with Gasteiger partial charge in [0.15, 0.2) is 0 Å². The van der Waals surface area contributed by atoms with E-state index in [4.69, 9.17) is 16.6 Å². The Morgan fingerprint density at radius 1 is 0.854 bits per heavy atom. The Morgan fingerprint density at radius 2 is 1.44 bits per heavy atom. The molecule has 2 atom stereocenters. The molecule has 48 heavy (non-hydrogen) atoms. The summed E-state index contributed by atoms with van der Waals surface area (Å²) in [6, 6.07) is 15.4. The average molecular weight is 703 g/mol. The van der Waals surface area contributed by atoms with Crippen molar-refractivity contribution >= 4 is 27.5 Å².